The molecule has 2 rings (SSSR count). The van der Waals surface area contributed by atoms with Crippen molar-refractivity contribution in [1.29, 1.82) is 0 Å². The molecule has 1 aliphatic rings. The topological polar surface area (TPSA) is 58.2 Å². The molecule has 4 nitrogen and oxygen atoms in total. The van der Waals surface area contributed by atoms with Crippen molar-refractivity contribution in [3.05, 3.63) is 53.8 Å². The van der Waals surface area contributed by atoms with Crippen LogP contribution in [0.2, 0.25) is 0 Å². The summed E-state index contributed by atoms with van der Waals surface area (Å²) in [7, 11) is 0. The number of unbranched alkanes of at least 4 members (excludes halogenated alkanes) is 4. The van der Waals surface area contributed by atoms with E-state index in [-0.39, 0.29) is 11.8 Å². The summed E-state index contributed by atoms with van der Waals surface area (Å²) < 4.78 is 0. The minimum absolute atomic E-state index is 0.0710. The molecule has 0 saturated carbocycles. The van der Waals surface area contributed by atoms with Gasteiger partial charge in [-0.3, -0.25) is 9.59 Å². The number of hydrogen-bond acceptors (Lipinski definition) is 3. The average molecular weight is 373 g/mol. The summed E-state index contributed by atoms with van der Waals surface area (Å²) >= 11 is 4.30. The summed E-state index contributed by atoms with van der Waals surface area (Å²) in [4.78, 5) is 24.6. The quantitative estimate of drug-likeness (QED) is 0.421. The molecular formula is C21H28N2O2S. The molecule has 0 spiro atoms. The first-order valence-corrected chi connectivity index (χ1v) is 9.84. The van der Waals surface area contributed by atoms with Gasteiger partial charge in [-0.2, -0.15) is 0 Å². The number of allylic oxidation sites excluding steroid dienone is 3. The molecule has 2 N–H and O–H groups in total. The fourth-order valence-electron chi connectivity index (χ4n) is 2.83. The Balaban J connectivity index is 1.47. The van der Waals surface area contributed by atoms with E-state index in [9.17, 15) is 9.59 Å². The lowest BCUT2D eigenvalue weighted by Crippen LogP contribution is -2.24. The third kappa shape index (κ3) is 7.48. The highest BCUT2D eigenvalue weighted by molar-refractivity contribution is 7.80. The number of rotatable bonds is 10. The Bertz CT molecular complexity index is 668. The van der Waals surface area contributed by atoms with Gasteiger partial charge in [0, 0.05) is 23.6 Å². The first kappa shape index (κ1) is 20.3. The van der Waals surface area contributed by atoms with E-state index < -0.39 is 0 Å². The minimum Gasteiger partial charge on any atom is -0.352 e. The van der Waals surface area contributed by atoms with Crippen molar-refractivity contribution in [2.45, 2.75) is 56.3 Å². The molecule has 0 unspecified atom stereocenters. The average Bonchev–Trinajstić information content (AvgIpc) is 2.65. The highest BCUT2D eigenvalue weighted by atomic mass is 32.1. The predicted molar refractivity (Wildman–Crippen MR) is 108 cm³/mol. The molecule has 0 bridgehead atoms. The van der Waals surface area contributed by atoms with Crippen LogP contribution in [0.25, 0.3) is 0 Å². The van der Waals surface area contributed by atoms with E-state index in [1.807, 2.05) is 24.3 Å². The molecular weight excluding hydrogens is 344 g/mol. The van der Waals surface area contributed by atoms with Gasteiger partial charge in [0.2, 0.25) is 5.91 Å². The number of thiol groups is 1. The SMILES string of the molecule is O=C(CCCCCCCNC(=O)c1ccccc1S)NC1=CCCC=C1. The molecule has 26 heavy (non-hydrogen) atoms. The number of benzene rings is 1. The Kier molecular flexibility index (Phi) is 9.04. The highest BCUT2D eigenvalue weighted by Crippen LogP contribution is 2.13. The van der Waals surface area contributed by atoms with Gasteiger partial charge in [-0.1, -0.05) is 43.5 Å². The third-order valence-electron chi connectivity index (χ3n) is 4.29. The Morgan fingerprint density at radius 3 is 2.54 bits per heavy atom. The van der Waals surface area contributed by atoms with Crippen molar-refractivity contribution >= 4 is 24.4 Å². The zero-order chi connectivity index (χ0) is 18.6. The van der Waals surface area contributed by atoms with Gasteiger partial charge in [0.1, 0.15) is 0 Å². The smallest absolute Gasteiger partial charge is 0.252 e. The lowest BCUT2D eigenvalue weighted by molar-refractivity contribution is -0.120. The van der Waals surface area contributed by atoms with Gasteiger partial charge >= 0.3 is 0 Å². The van der Waals surface area contributed by atoms with Gasteiger partial charge in [0.25, 0.3) is 5.91 Å². The minimum atomic E-state index is -0.0710. The van der Waals surface area contributed by atoms with Crippen LogP contribution in [0.1, 0.15) is 61.7 Å². The molecule has 0 heterocycles. The zero-order valence-corrected chi connectivity index (χ0v) is 16.1. The number of nitrogens with one attached hydrogen (secondary N) is 2. The summed E-state index contributed by atoms with van der Waals surface area (Å²) in [5, 5.41) is 5.87. The Labute approximate surface area is 161 Å². The van der Waals surface area contributed by atoms with Gasteiger partial charge < -0.3 is 10.6 Å². The van der Waals surface area contributed by atoms with Crippen molar-refractivity contribution < 1.29 is 9.59 Å². The van der Waals surface area contributed by atoms with Gasteiger partial charge in [-0.25, -0.2) is 0 Å². The molecule has 1 aromatic carbocycles. The molecule has 0 saturated heterocycles. The molecule has 2 amide bonds. The van der Waals surface area contributed by atoms with Crippen LogP contribution in [0.3, 0.4) is 0 Å². The zero-order valence-electron chi connectivity index (χ0n) is 15.2. The highest BCUT2D eigenvalue weighted by Gasteiger charge is 2.07. The fourth-order valence-corrected chi connectivity index (χ4v) is 3.10. The molecule has 1 aromatic rings. The monoisotopic (exact) mass is 372 g/mol. The Morgan fingerprint density at radius 2 is 1.77 bits per heavy atom. The lowest BCUT2D eigenvalue weighted by Gasteiger charge is -2.09. The van der Waals surface area contributed by atoms with Gasteiger partial charge in [0.15, 0.2) is 0 Å². The van der Waals surface area contributed by atoms with Crippen LogP contribution in [0, 0.1) is 0 Å². The molecule has 140 valence electrons. The summed E-state index contributed by atoms with van der Waals surface area (Å²) in [6.45, 7) is 0.669. The maximum atomic E-state index is 12.0. The number of carbonyl (C=O) groups excluding carboxylic acids is 2. The second kappa shape index (κ2) is 11.6. The van der Waals surface area contributed by atoms with Crippen LogP contribution in [-0.2, 0) is 4.79 Å². The van der Waals surface area contributed by atoms with Gasteiger partial charge in [-0.05, 0) is 43.9 Å². The van der Waals surface area contributed by atoms with Crippen LogP contribution in [-0.4, -0.2) is 18.4 Å². The molecule has 0 radical (unpaired) electrons. The number of carbonyl (C=O) groups is 2. The van der Waals surface area contributed by atoms with Crippen molar-refractivity contribution in [2.24, 2.45) is 0 Å². The second-order valence-electron chi connectivity index (χ2n) is 6.48. The summed E-state index contributed by atoms with van der Waals surface area (Å²) in [6, 6.07) is 7.30. The standard InChI is InChI=1S/C21H28N2O2S/c24-20(23-17-11-5-4-6-12-17)15-7-2-1-3-10-16-22-21(25)18-13-8-9-14-19(18)26/h5,8-9,11-14,26H,1-4,6-7,10,15-16H2,(H,22,25)(H,23,24). The normalized spacial score (nSPS) is 13.2. The van der Waals surface area contributed by atoms with Crippen LogP contribution >= 0.6 is 12.6 Å². The second-order valence-corrected chi connectivity index (χ2v) is 6.96. The van der Waals surface area contributed by atoms with E-state index in [1.165, 1.54) is 0 Å². The van der Waals surface area contributed by atoms with E-state index in [2.05, 4.69) is 35.4 Å². The molecule has 0 atom stereocenters. The number of hydrogen-bond donors (Lipinski definition) is 3. The van der Waals surface area contributed by atoms with Crippen molar-refractivity contribution in [3.8, 4) is 0 Å². The van der Waals surface area contributed by atoms with E-state index in [0.29, 0.717) is 23.4 Å². The van der Waals surface area contributed by atoms with E-state index in [0.717, 1.165) is 50.6 Å². The van der Waals surface area contributed by atoms with E-state index in [1.54, 1.807) is 6.07 Å². The van der Waals surface area contributed by atoms with E-state index >= 15 is 0 Å². The van der Waals surface area contributed by atoms with Crippen molar-refractivity contribution in [1.82, 2.24) is 10.6 Å². The molecule has 5 heteroatoms. The first-order valence-electron chi connectivity index (χ1n) is 9.39. The van der Waals surface area contributed by atoms with Gasteiger partial charge in [-0.15, -0.1) is 12.6 Å². The van der Waals surface area contributed by atoms with Crippen molar-refractivity contribution in [3.63, 3.8) is 0 Å². The van der Waals surface area contributed by atoms with Crippen LogP contribution in [0.15, 0.2) is 53.1 Å². The maximum absolute atomic E-state index is 12.0. The van der Waals surface area contributed by atoms with Crippen molar-refractivity contribution in [2.75, 3.05) is 6.54 Å². The largest absolute Gasteiger partial charge is 0.352 e. The van der Waals surface area contributed by atoms with Crippen LogP contribution in [0.5, 0.6) is 0 Å². The third-order valence-corrected chi connectivity index (χ3v) is 4.68. The lowest BCUT2D eigenvalue weighted by atomic mass is 10.1. The molecule has 0 aliphatic heterocycles. The maximum Gasteiger partial charge on any atom is 0.252 e. The fraction of sp³-hybridized carbons (Fsp3) is 0.429. The molecule has 0 aromatic heterocycles. The summed E-state index contributed by atoms with van der Waals surface area (Å²) in [5.41, 5.74) is 1.55. The summed E-state index contributed by atoms with van der Waals surface area (Å²) in [5.74, 6) is 0.0267. The first-order chi connectivity index (χ1) is 12.7. The van der Waals surface area contributed by atoms with Crippen LogP contribution < -0.4 is 10.6 Å². The van der Waals surface area contributed by atoms with Gasteiger partial charge in [0.05, 0.1) is 5.56 Å². The van der Waals surface area contributed by atoms with Crippen LogP contribution in [0.4, 0.5) is 0 Å². The summed E-state index contributed by atoms with van der Waals surface area (Å²) in [6.07, 6.45) is 13.8. The predicted octanol–water partition coefficient (Wildman–Crippen LogP) is 4.40. The van der Waals surface area contributed by atoms with E-state index in [4.69, 9.17) is 0 Å². The molecule has 1 aliphatic carbocycles. The Hall–Kier alpha value is -2.01. The number of amides is 2. The Morgan fingerprint density at radius 1 is 1.00 bits per heavy atom. The molecule has 0 fully saturated rings.